The number of nitrogens with zero attached hydrogens (tertiary/aromatic N) is 1. The molecule has 0 aliphatic heterocycles. The zero-order valence-corrected chi connectivity index (χ0v) is 9.38. The number of nitrogens with one attached hydrogen (secondary N) is 1. The van der Waals surface area contributed by atoms with Crippen LogP contribution in [-0.2, 0) is 6.42 Å². The smallest absolute Gasteiger partial charge is 0.105 e. The van der Waals surface area contributed by atoms with Crippen molar-refractivity contribution in [2.75, 3.05) is 0 Å². The number of aryl methyl sites for hydroxylation is 1. The molecule has 0 aromatic carbocycles. The number of rotatable bonds is 5. The molecule has 0 amide bonds. The average Bonchev–Trinajstić information content (AvgIpc) is 2.66. The summed E-state index contributed by atoms with van der Waals surface area (Å²) in [5.41, 5.74) is 1.27. The molecule has 1 aromatic heterocycles. The lowest BCUT2D eigenvalue weighted by Crippen LogP contribution is -1.93. The molecule has 0 bridgehead atoms. The van der Waals surface area contributed by atoms with E-state index in [1.807, 2.05) is 6.20 Å². The molecule has 0 aliphatic rings. The Morgan fingerprint density at radius 2 is 2.36 bits per heavy atom. The zero-order chi connectivity index (χ0) is 10.4. The molecule has 1 rings (SSSR count). The van der Waals surface area contributed by atoms with E-state index in [1.54, 1.807) is 0 Å². The Bertz CT molecular complexity index is 286. The Hall–Kier alpha value is -1.05. The van der Waals surface area contributed by atoms with Crippen LogP contribution in [0.5, 0.6) is 0 Å². The van der Waals surface area contributed by atoms with E-state index in [9.17, 15) is 0 Å². The van der Waals surface area contributed by atoms with Gasteiger partial charge in [0.2, 0.25) is 0 Å². The lowest BCUT2D eigenvalue weighted by Gasteiger charge is -2.06. The number of H-pyrrole nitrogens is 1. The summed E-state index contributed by atoms with van der Waals surface area (Å²) >= 11 is 0. The maximum absolute atomic E-state index is 4.31. The largest absolute Gasteiger partial charge is 0.346 e. The molecular formula is C12H20N2. The van der Waals surface area contributed by atoms with Gasteiger partial charge in [-0.15, -0.1) is 0 Å². The fraction of sp³-hybridized carbons (Fsp3) is 0.583. The molecule has 1 atom stereocenters. The lowest BCUT2D eigenvalue weighted by atomic mass is 10.0. The lowest BCUT2D eigenvalue weighted by molar-refractivity contribution is 0.672. The van der Waals surface area contributed by atoms with Gasteiger partial charge in [-0.3, -0.25) is 0 Å². The third-order valence-corrected chi connectivity index (χ3v) is 2.52. The summed E-state index contributed by atoms with van der Waals surface area (Å²) in [6.07, 6.45) is 9.62. The molecule has 0 fully saturated rings. The molecule has 0 saturated carbocycles. The van der Waals surface area contributed by atoms with E-state index in [1.165, 1.54) is 12.1 Å². The normalized spacial score (nSPS) is 13.6. The van der Waals surface area contributed by atoms with Crippen molar-refractivity contribution in [3.8, 4) is 0 Å². The molecule has 1 aromatic rings. The molecule has 78 valence electrons. The molecule has 0 spiro atoms. The van der Waals surface area contributed by atoms with Crippen molar-refractivity contribution in [3.63, 3.8) is 0 Å². The number of hydrogen-bond donors (Lipinski definition) is 1. The van der Waals surface area contributed by atoms with E-state index in [2.05, 4.69) is 42.9 Å². The predicted octanol–water partition coefficient (Wildman–Crippen LogP) is 3.43. The van der Waals surface area contributed by atoms with Crippen molar-refractivity contribution in [2.24, 2.45) is 0 Å². The van der Waals surface area contributed by atoms with Crippen LogP contribution in [-0.4, -0.2) is 9.97 Å². The fourth-order valence-electron chi connectivity index (χ4n) is 1.48. The van der Waals surface area contributed by atoms with Gasteiger partial charge in [0.15, 0.2) is 0 Å². The van der Waals surface area contributed by atoms with Gasteiger partial charge in [0.05, 0.1) is 0 Å². The van der Waals surface area contributed by atoms with Gasteiger partial charge >= 0.3 is 0 Å². The molecular weight excluding hydrogens is 172 g/mol. The Kier molecular flexibility index (Phi) is 4.44. The first-order valence-corrected chi connectivity index (χ1v) is 5.42. The highest BCUT2D eigenvalue weighted by Gasteiger charge is 2.07. The summed E-state index contributed by atoms with van der Waals surface area (Å²) in [5, 5.41) is 0. The van der Waals surface area contributed by atoms with Crippen LogP contribution < -0.4 is 0 Å². The van der Waals surface area contributed by atoms with Crippen LogP contribution in [0.1, 0.15) is 51.0 Å². The number of aromatic nitrogens is 2. The monoisotopic (exact) mass is 192 g/mol. The third kappa shape index (κ3) is 3.02. The van der Waals surface area contributed by atoms with Gasteiger partial charge < -0.3 is 4.98 Å². The Morgan fingerprint density at radius 1 is 1.57 bits per heavy atom. The topological polar surface area (TPSA) is 28.7 Å². The average molecular weight is 192 g/mol. The SMILES string of the molecule is C/C=C\CCC(C)c1cnc(CC)[nH]1. The minimum atomic E-state index is 0.582. The van der Waals surface area contributed by atoms with E-state index < -0.39 is 0 Å². The van der Waals surface area contributed by atoms with Crippen molar-refractivity contribution >= 4 is 0 Å². The Labute approximate surface area is 86.5 Å². The van der Waals surface area contributed by atoms with E-state index in [0.29, 0.717) is 5.92 Å². The number of allylic oxidation sites excluding steroid dienone is 2. The molecule has 2 heteroatoms. The summed E-state index contributed by atoms with van der Waals surface area (Å²) in [6.45, 7) is 6.43. The van der Waals surface area contributed by atoms with Gasteiger partial charge in [0.1, 0.15) is 5.82 Å². The van der Waals surface area contributed by atoms with Crippen molar-refractivity contribution in [3.05, 3.63) is 29.9 Å². The van der Waals surface area contributed by atoms with Crippen LogP contribution in [0.25, 0.3) is 0 Å². The molecule has 1 heterocycles. The van der Waals surface area contributed by atoms with Gasteiger partial charge in [0, 0.05) is 18.3 Å². The Morgan fingerprint density at radius 3 is 2.93 bits per heavy atom. The highest BCUT2D eigenvalue weighted by Crippen LogP contribution is 2.18. The maximum Gasteiger partial charge on any atom is 0.105 e. The summed E-state index contributed by atoms with van der Waals surface area (Å²) in [4.78, 5) is 7.66. The van der Waals surface area contributed by atoms with Crippen molar-refractivity contribution < 1.29 is 0 Å². The van der Waals surface area contributed by atoms with Crippen molar-refractivity contribution in [2.45, 2.75) is 46.0 Å². The molecule has 14 heavy (non-hydrogen) atoms. The number of imidazole rings is 1. The van der Waals surface area contributed by atoms with E-state index in [-0.39, 0.29) is 0 Å². The summed E-state index contributed by atoms with van der Waals surface area (Å²) in [6, 6.07) is 0. The summed E-state index contributed by atoms with van der Waals surface area (Å²) in [5.74, 6) is 1.68. The van der Waals surface area contributed by atoms with E-state index >= 15 is 0 Å². The van der Waals surface area contributed by atoms with Gasteiger partial charge in [-0.25, -0.2) is 4.98 Å². The first-order valence-electron chi connectivity index (χ1n) is 5.42. The van der Waals surface area contributed by atoms with Crippen LogP contribution in [0.3, 0.4) is 0 Å². The van der Waals surface area contributed by atoms with Crippen LogP contribution in [0.4, 0.5) is 0 Å². The van der Waals surface area contributed by atoms with Crippen LogP contribution >= 0.6 is 0 Å². The highest BCUT2D eigenvalue weighted by atomic mass is 14.9. The second-order valence-electron chi connectivity index (χ2n) is 3.69. The van der Waals surface area contributed by atoms with Gasteiger partial charge in [-0.2, -0.15) is 0 Å². The van der Waals surface area contributed by atoms with E-state index in [4.69, 9.17) is 0 Å². The van der Waals surface area contributed by atoms with Crippen LogP contribution in [0.2, 0.25) is 0 Å². The van der Waals surface area contributed by atoms with Crippen molar-refractivity contribution in [1.29, 1.82) is 0 Å². The minimum absolute atomic E-state index is 0.582. The number of hydrogen-bond acceptors (Lipinski definition) is 1. The first kappa shape index (κ1) is 11.0. The quantitative estimate of drug-likeness (QED) is 0.711. The summed E-state index contributed by atoms with van der Waals surface area (Å²) < 4.78 is 0. The standard InChI is InChI=1S/C12H20N2/c1-4-6-7-8-10(3)11-9-13-12(5-2)14-11/h4,6,9-10H,5,7-8H2,1-3H3,(H,13,14)/b6-4-. The van der Waals surface area contributed by atoms with Gasteiger partial charge in [-0.05, 0) is 25.7 Å². The second-order valence-corrected chi connectivity index (χ2v) is 3.69. The fourth-order valence-corrected chi connectivity index (χ4v) is 1.48. The highest BCUT2D eigenvalue weighted by molar-refractivity contribution is 5.06. The van der Waals surface area contributed by atoms with Gasteiger partial charge in [-0.1, -0.05) is 26.0 Å². The number of aromatic amines is 1. The first-order chi connectivity index (χ1) is 6.77. The second kappa shape index (κ2) is 5.63. The molecule has 2 nitrogen and oxygen atoms in total. The molecule has 0 saturated heterocycles. The van der Waals surface area contributed by atoms with Crippen LogP contribution in [0, 0.1) is 0 Å². The molecule has 0 radical (unpaired) electrons. The van der Waals surface area contributed by atoms with Crippen LogP contribution in [0.15, 0.2) is 18.3 Å². The third-order valence-electron chi connectivity index (χ3n) is 2.52. The van der Waals surface area contributed by atoms with Crippen molar-refractivity contribution in [1.82, 2.24) is 9.97 Å². The molecule has 1 N–H and O–H groups in total. The zero-order valence-electron chi connectivity index (χ0n) is 9.38. The molecule has 1 unspecified atom stereocenters. The van der Waals surface area contributed by atoms with Gasteiger partial charge in [0.25, 0.3) is 0 Å². The molecule has 0 aliphatic carbocycles. The maximum atomic E-state index is 4.31. The Balaban J connectivity index is 2.47. The predicted molar refractivity (Wildman–Crippen MR) is 60.4 cm³/mol. The van der Waals surface area contributed by atoms with E-state index in [0.717, 1.165) is 18.7 Å². The summed E-state index contributed by atoms with van der Waals surface area (Å²) in [7, 11) is 0. The minimum Gasteiger partial charge on any atom is -0.346 e.